The van der Waals surface area contributed by atoms with Crippen LogP contribution >= 0.6 is 11.3 Å². The van der Waals surface area contributed by atoms with Crippen LogP contribution in [0.4, 0.5) is 0 Å². The average Bonchev–Trinajstić information content (AvgIpc) is 2.75. The van der Waals surface area contributed by atoms with Crippen molar-refractivity contribution in [1.82, 2.24) is 0 Å². The van der Waals surface area contributed by atoms with E-state index in [1.807, 2.05) is 36.6 Å². The van der Waals surface area contributed by atoms with Gasteiger partial charge in [-0.25, -0.2) is 0 Å². The maximum atomic E-state index is 8.21. The molecule has 2 nitrogen and oxygen atoms in total. The van der Waals surface area contributed by atoms with Gasteiger partial charge in [-0.2, -0.15) is 0 Å². The van der Waals surface area contributed by atoms with Crippen LogP contribution in [0.3, 0.4) is 0 Å². The van der Waals surface area contributed by atoms with Gasteiger partial charge in [0.1, 0.15) is 0 Å². The molecule has 2 N–H and O–H groups in total. The molecule has 1 aromatic carbocycles. The van der Waals surface area contributed by atoms with Gasteiger partial charge in [0.2, 0.25) is 0 Å². The molecule has 78 valence electrons. The van der Waals surface area contributed by atoms with E-state index in [-0.39, 0.29) is 0 Å². The summed E-state index contributed by atoms with van der Waals surface area (Å²) in [5, 5.41) is 18.3. The van der Waals surface area contributed by atoms with Crippen LogP contribution in [0.1, 0.15) is 27.1 Å². The summed E-state index contributed by atoms with van der Waals surface area (Å²) in [6.45, 7) is 2.00. The monoisotopic (exact) mass is 226 g/mol. The minimum Gasteiger partial charge on any atom is -0.300 e. The molecule has 0 bridgehead atoms. The fourth-order valence-corrected chi connectivity index (χ4v) is 3.02. The molecule has 0 unspecified atom stereocenters. The predicted molar refractivity (Wildman–Crippen MR) is 67.4 cm³/mol. The van der Waals surface area contributed by atoms with Crippen molar-refractivity contribution in [3.63, 3.8) is 0 Å². The number of hydrogen-bond acceptors (Lipinski definition) is 3. The van der Waals surface area contributed by atoms with Gasteiger partial charge in [0, 0.05) is 16.7 Å². The number of hydrogen-bond donors (Lipinski definition) is 2. The second-order valence-electron chi connectivity index (χ2n) is 3.91. The van der Waals surface area contributed by atoms with Crippen molar-refractivity contribution in [2.75, 3.05) is 0 Å². The molecule has 0 fully saturated rings. The molecule has 0 radical (unpaired) electrons. The van der Waals surface area contributed by atoms with Gasteiger partial charge in [-0.15, -0.1) is 11.3 Å². The molecule has 1 aromatic heterocycles. The first kappa shape index (κ1) is 9.48. The van der Waals surface area contributed by atoms with E-state index in [2.05, 4.69) is 0 Å². The van der Waals surface area contributed by atoms with Gasteiger partial charge in [0.15, 0.2) is 0 Å². The molecule has 0 amide bonds. The van der Waals surface area contributed by atoms with E-state index in [0.29, 0.717) is 11.4 Å². The van der Waals surface area contributed by atoms with Crippen LogP contribution in [0.25, 0.3) is 0 Å². The number of nitrogens with one attached hydrogen (secondary N) is 2. The highest BCUT2D eigenvalue weighted by molar-refractivity contribution is 7.13. The third-order valence-electron chi connectivity index (χ3n) is 2.95. The Bertz CT molecular complexity index is 623. The average molecular weight is 226 g/mol. The summed E-state index contributed by atoms with van der Waals surface area (Å²) in [4.78, 5) is 0.923. The Morgan fingerprint density at radius 2 is 1.81 bits per heavy atom. The summed E-state index contributed by atoms with van der Waals surface area (Å²) >= 11 is 1.54. The van der Waals surface area contributed by atoms with Crippen LogP contribution in [0.15, 0.2) is 29.6 Å². The molecule has 1 heterocycles. The van der Waals surface area contributed by atoms with Gasteiger partial charge in [0.25, 0.3) is 0 Å². The highest BCUT2D eigenvalue weighted by atomic mass is 32.1. The van der Waals surface area contributed by atoms with E-state index >= 15 is 0 Å². The lowest BCUT2D eigenvalue weighted by Gasteiger charge is -2.19. The van der Waals surface area contributed by atoms with Crippen molar-refractivity contribution in [2.45, 2.75) is 6.92 Å². The Balaban J connectivity index is 2.38. The number of thiophene rings is 1. The molecule has 0 saturated heterocycles. The van der Waals surface area contributed by atoms with Crippen LogP contribution in [-0.4, -0.2) is 11.4 Å². The van der Waals surface area contributed by atoms with Crippen molar-refractivity contribution >= 4 is 22.8 Å². The topological polar surface area (TPSA) is 47.7 Å². The van der Waals surface area contributed by atoms with Gasteiger partial charge in [-0.05, 0) is 23.9 Å². The molecule has 0 spiro atoms. The molecular formula is C13H10N2S. The predicted octanol–water partition coefficient (Wildman–Crippen LogP) is 3.20. The molecule has 1 aliphatic carbocycles. The summed E-state index contributed by atoms with van der Waals surface area (Å²) in [6.07, 6.45) is 0. The zero-order valence-corrected chi connectivity index (χ0v) is 9.61. The maximum absolute atomic E-state index is 8.21. The lowest BCUT2D eigenvalue weighted by Crippen LogP contribution is -2.19. The number of aryl methyl sites for hydroxylation is 1. The third kappa shape index (κ3) is 1.06. The zero-order chi connectivity index (χ0) is 11.3. The highest BCUT2D eigenvalue weighted by Gasteiger charge is 2.26. The molecule has 16 heavy (non-hydrogen) atoms. The second-order valence-corrected chi connectivity index (χ2v) is 4.83. The molecule has 2 aromatic rings. The highest BCUT2D eigenvalue weighted by Crippen LogP contribution is 2.31. The molecule has 3 rings (SSSR count). The first-order chi connectivity index (χ1) is 7.70. The standard InChI is InChI=1S/C13H10N2S/c1-7-3-2-4-8-10(7)12(15)13-9(11(8)14)5-6-16-13/h2-6,14-15H,1H3. The summed E-state index contributed by atoms with van der Waals surface area (Å²) in [7, 11) is 0. The van der Waals surface area contributed by atoms with Crippen molar-refractivity contribution in [3.05, 3.63) is 56.8 Å². The molecular weight excluding hydrogens is 216 g/mol. The molecule has 0 saturated carbocycles. The molecule has 0 aliphatic heterocycles. The number of benzene rings is 1. The smallest absolute Gasteiger partial charge is 0.0800 e. The summed E-state index contributed by atoms with van der Waals surface area (Å²) < 4.78 is 0. The van der Waals surface area contributed by atoms with Crippen molar-refractivity contribution in [1.29, 1.82) is 10.8 Å². The molecule has 1 aliphatic rings. The SMILES string of the molecule is Cc1cccc2c1C(=N)c1sccc1C2=N. The van der Waals surface area contributed by atoms with E-state index < -0.39 is 0 Å². The Morgan fingerprint density at radius 3 is 2.62 bits per heavy atom. The van der Waals surface area contributed by atoms with E-state index in [1.165, 1.54) is 0 Å². The summed E-state index contributed by atoms with van der Waals surface area (Å²) in [5.41, 5.74) is 4.89. The Labute approximate surface area is 97.6 Å². The van der Waals surface area contributed by atoms with E-state index in [4.69, 9.17) is 10.8 Å². The van der Waals surface area contributed by atoms with Crippen molar-refractivity contribution in [3.8, 4) is 0 Å². The van der Waals surface area contributed by atoms with Crippen LogP contribution in [0.5, 0.6) is 0 Å². The van der Waals surface area contributed by atoms with Gasteiger partial charge in [-0.3, -0.25) is 10.8 Å². The Morgan fingerprint density at radius 1 is 1.00 bits per heavy atom. The van der Waals surface area contributed by atoms with Crippen LogP contribution < -0.4 is 0 Å². The normalized spacial score (nSPS) is 13.6. The minimum atomic E-state index is 0.547. The number of fused-ring (bicyclic) bond motifs is 2. The first-order valence-electron chi connectivity index (χ1n) is 5.06. The van der Waals surface area contributed by atoms with Gasteiger partial charge in [0.05, 0.1) is 16.3 Å². The Hall–Kier alpha value is -1.74. The van der Waals surface area contributed by atoms with Gasteiger partial charge in [-0.1, -0.05) is 18.2 Å². The van der Waals surface area contributed by atoms with Crippen LogP contribution in [-0.2, 0) is 0 Å². The lowest BCUT2D eigenvalue weighted by molar-refractivity contribution is 1.35. The quantitative estimate of drug-likeness (QED) is 0.591. The second kappa shape index (κ2) is 3.12. The van der Waals surface area contributed by atoms with Crippen molar-refractivity contribution < 1.29 is 0 Å². The molecule has 0 atom stereocenters. The zero-order valence-electron chi connectivity index (χ0n) is 8.79. The summed E-state index contributed by atoms with van der Waals surface area (Å²) in [6, 6.07) is 7.81. The van der Waals surface area contributed by atoms with E-state index in [1.54, 1.807) is 11.3 Å². The lowest BCUT2D eigenvalue weighted by atomic mass is 9.85. The largest absolute Gasteiger partial charge is 0.300 e. The summed E-state index contributed by atoms with van der Waals surface area (Å²) in [5.74, 6) is 0. The fraction of sp³-hybridized carbons (Fsp3) is 0.0769. The van der Waals surface area contributed by atoms with E-state index in [0.717, 1.165) is 27.1 Å². The van der Waals surface area contributed by atoms with Crippen molar-refractivity contribution in [2.24, 2.45) is 0 Å². The van der Waals surface area contributed by atoms with Gasteiger partial charge >= 0.3 is 0 Å². The van der Waals surface area contributed by atoms with E-state index in [9.17, 15) is 0 Å². The fourth-order valence-electron chi connectivity index (χ4n) is 2.17. The van der Waals surface area contributed by atoms with Gasteiger partial charge < -0.3 is 0 Å². The third-order valence-corrected chi connectivity index (χ3v) is 3.89. The van der Waals surface area contributed by atoms with Crippen LogP contribution in [0, 0.1) is 17.7 Å². The Kier molecular flexibility index (Phi) is 1.85. The maximum Gasteiger partial charge on any atom is 0.0800 e. The van der Waals surface area contributed by atoms with Crippen LogP contribution in [0.2, 0.25) is 0 Å². The molecule has 3 heteroatoms. The number of rotatable bonds is 0. The first-order valence-corrected chi connectivity index (χ1v) is 5.94. The minimum absolute atomic E-state index is 0.547.